The highest BCUT2D eigenvalue weighted by atomic mass is 79.9. The summed E-state index contributed by atoms with van der Waals surface area (Å²) in [6.45, 7) is 21.8. The number of rotatable bonds is 7. The molecular formula is C29H39BrO4. The number of benzene rings is 2. The maximum Gasteiger partial charge on any atom is 0.179 e. The Morgan fingerprint density at radius 2 is 1.12 bits per heavy atom. The van der Waals surface area contributed by atoms with E-state index in [1.54, 1.807) is 0 Å². The molecule has 0 heterocycles. The topological polar surface area (TPSA) is 36.9 Å². The fraction of sp³-hybridized carbons (Fsp3) is 0.586. The van der Waals surface area contributed by atoms with Crippen molar-refractivity contribution >= 4 is 16.3 Å². The Labute approximate surface area is 213 Å². The first kappa shape index (κ1) is 25.2. The Hall–Kier alpha value is -1.88. The monoisotopic (exact) mass is 530 g/mol. The molecule has 2 aliphatic carbocycles. The van der Waals surface area contributed by atoms with Gasteiger partial charge < -0.3 is 18.0 Å². The maximum atomic E-state index is 6.21. The lowest BCUT2D eigenvalue weighted by Crippen LogP contribution is -2.28. The van der Waals surface area contributed by atoms with Gasteiger partial charge in [0.1, 0.15) is 0 Å². The van der Waals surface area contributed by atoms with Crippen molar-refractivity contribution in [2.24, 2.45) is 0 Å². The van der Waals surface area contributed by atoms with Gasteiger partial charge in [-0.1, -0.05) is 27.7 Å². The fourth-order valence-electron chi connectivity index (χ4n) is 7.05. The molecule has 2 aromatic carbocycles. The molecule has 0 amide bonds. The largest absolute Gasteiger partial charge is 0.490 e. The molecule has 2 aliphatic rings. The molecule has 0 aliphatic heterocycles. The van der Waals surface area contributed by atoms with Crippen LogP contribution in [0.25, 0.3) is 0 Å². The third kappa shape index (κ3) is 3.53. The van der Waals surface area contributed by atoms with Gasteiger partial charge in [-0.05, 0) is 104 Å². The fourth-order valence-corrected chi connectivity index (χ4v) is 7.29. The maximum absolute atomic E-state index is 6.21. The highest BCUT2D eigenvalue weighted by Crippen LogP contribution is 2.66. The lowest BCUT2D eigenvalue weighted by molar-refractivity contribution is 0.285. The molecule has 1 unspecified atom stereocenters. The van der Waals surface area contributed by atoms with E-state index >= 15 is 0 Å². The molecule has 5 heteroatoms. The van der Waals surface area contributed by atoms with E-state index in [1.807, 2.05) is 20.8 Å². The molecule has 34 heavy (non-hydrogen) atoms. The minimum absolute atomic E-state index is 0.00279. The van der Waals surface area contributed by atoms with Gasteiger partial charge in [-0.3, -0.25) is 0 Å². The van der Waals surface area contributed by atoms with Crippen LogP contribution in [0.5, 0.6) is 23.0 Å². The Morgan fingerprint density at radius 3 is 1.53 bits per heavy atom. The summed E-state index contributed by atoms with van der Waals surface area (Å²) in [5.41, 5.74) is 7.77. The summed E-state index contributed by atoms with van der Waals surface area (Å²) in [5.74, 6) is 3.32. The molecule has 4 nitrogen and oxygen atoms in total. The van der Waals surface area contributed by atoms with E-state index in [2.05, 4.69) is 69.9 Å². The lowest BCUT2D eigenvalue weighted by Gasteiger charge is -2.33. The van der Waals surface area contributed by atoms with Gasteiger partial charge in [0, 0.05) is 5.41 Å². The molecule has 1 atom stereocenters. The summed E-state index contributed by atoms with van der Waals surface area (Å²) in [7, 11) is 0. The van der Waals surface area contributed by atoms with Gasteiger partial charge in [0.25, 0.3) is 0 Å². The van der Waals surface area contributed by atoms with Gasteiger partial charge in [0.2, 0.25) is 0 Å². The predicted octanol–water partition coefficient (Wildman–Crippen LogP) is 7.84. The average molecular weight is 532 g/mol. The minimum atomic E-state index is -0.126. The molecule has 186 valence electrons. The molecule has 4 rings (SSSR count). The number of fused-ring (bicyclic) bond motifs is 4. The molecule has 0 bridgehead atoms. The Bertz CT molecular complexity index is 1120. The van der Waals surface area contributed by atoms with Crippen LogP contribution < -0.4 is 18.0 Å². The highest BCUT2D eigenvalue weighted by molar-refractivity contribution is 9.06. The first-order valence-corrected chi connectivity index (χ1v) is 13.2. The van der Waals surface area contributed by atoms with Crippen LogP contribution in [0.3, 0.4) is 0 Å². The van der Waals surface area contributed by atoms with Crippen molar-refractivity contribution in [2.45, 2.75) is 91.4 Å². The first-order valence-electron chi connectivity index (χ1n) is 12.5. The van der Waals surface area contributed by atoms with Gasteiger partial charge in [-0.15, -0.1) is 0 Å². The van der Waals surface area contributed by atoms with Gasteiger partial charge in [-0.2, -0.15) is 0 Å². The van der Waals surface area contributed by atoms with E-state index in [-0.39, 0.29) is 16.2 Å². The van der Waals surface area contributed by atoms with Crippen molar-refractivity contribution in [3.05, 3.63) is 45.5 Å². The molecule has 0 saturated carbocycles. The third-order valence-electron chi connectivity index (χ3n) is 7.83. The molecule has 0 aromatic heterocycles. The number of halogens is 1. The van der Waals surface area contributed by atoms with Crippen LogP contribution in [-0.2, 0) is 16.2 Å². The number of ether oxygens (including phenoxy) is 3. The van der Waals surface area contributed by atoms with Crippen molar-refractivity contribution in [3.8, 4) is 23.0 Å². The molecule has 0 fully saturated rings. The van der Waals surface area contributed by atoms with Crippen molar-refractivity contribution in [3.63, 3.8) is 0 Å². The minimum Gasteiger partial charge on any atom is -0.490 e. The molecular weight excluding hydrogens is 492 g/mol. The molecule has 0 N–H and O–H groups in total. The van der Waals surface area contributed by atoms with E-state index in [0.717, 1.165) is 35.8 Å². The zero-order chi connectivity index (χ0) is 25.1. The van der Waals surface area contributed by atoms with Gasteiger partial charge in [0.15, 0.2) is 39.3 Å². The SMILES string of the molecule is CCOc1cc2c(c(C)c1OCC)C1(CC(C)(C)c3cc(OBr)c(OCC)c(C)c31)CC2(C)C. The van der Waals surface area contributed by atoms with Crippen LogP contribution in [0.15, 0.2) is 12.1 Å². The second-order valence-electron chi connectivity index (χ2n) is 11.1. The highest BCUT2D eigenvalue weighted by Gasteiger charge is 2.58. The van der Waals surface area contributed by atoms with E-state index < -0.39 is 0 Å². The zero-order valence-corrected chi connectivity index (χ0v) is 23.8. The zero-order valence-electron chi connectivity index (χ0n) is 22.2. The van der Waals surface area contributed by atoms with Gasteiger partial charge in [-0.25, -0.2) is 0 Å². The smallest absolute Gasteiger partial charge is 0.179 e. The van der Waals surface area contributed by atoms with Gasteiger partial charge >= 0.3 is 0 Å². The predicted molar refractivity (Wildman–Crippen MR) is 141 cm³/mol. The van der Waals surface area contributed by atoms with Crippen molar-refractivity contribution in [1.82, 2.24) is 0 Å². The second kappa shape index (κ2) is 8.65. The third-order valence-corrected chi connectivity index (χ3v) is 8.18. The van der Waals surface area contributed by atoms with Crippen LogP contribution >= 0.6 is 16.3 Å². The van der Waals surface area contributed by atoms with Crippen LogP contribution in [0.1, 0.15) is 94.7 Å². The Morgan fingerprint density at radius 1 is 0.706 bits per heavy atom. The second-order valence-corrected chi connectivity index (χ2v) is 11.4. The summed E-state index contributed by atoms with van der Waals surface area (Å²) in [6.07, 6.45) is 2.07. The summed E-state index contributed by atoms with van der Waals surface area (Å²) in [6, 6.07) is 4.44. The van der Waals surface area contributed by atoms with E-state index in [9.17, 15) is 0 Å². The van der Waals surface area contributed by atoms with E-state index in [4.69, 9.17) is 18.0 Å². The summed E-state index contributed by atoms with van der Waals surface area (Å²) >= 11 is 3.23. The number of hydrogen-bond donors (Lipinski definition) is 0. The quantitative estimate of drug-likeness (QED) is 0.365. The Kier molecular flexibility index (Phi) is 6.42. The normalized spacial score (nSPS) is 21.4. The standard InChI is InChI=1S/C29H39BrO4/c1-10-31-21-13-19-23(17(4)25(21)32-11-2)29(15-27(19,6)7)16-28(8,9)20-14-22(34-30)26(33-12-3)18(5)24(20)29/h13-14H,10-12,15-16H2,1-9H3. The van der Waals surface area contributed by atoms with Crippen molar-refractivity contribution in [2.75, 3.05) is 19.8 Å². The number of hydrogen-bond acceptors (Lipinski definition) is 4. The summed E-state index contributed by atoms with van der Waals surface area (Å²) < 4.78 is 24.1. The van der Waals surface area contributed by atoms with Crippen molar-refractivity contribution in [1.29, 1.82) is 0 Å². The summed E-state index contributed by atoms with van der Waals surface area (Å²) in [5, 5.41) is 0. The molecule has 0 saturated heterocycles. The van der Waals surface area contributed by atoms with Crippen molar-refractivity contribution < 1.29 is 18.0 Å². The lowest BCUT2D eigenvalue weighted by atomic mass is 9.70. The van der Waals surface area contributed by atoms with Crippen LogP contribution in [0.2, 0.25) is 0 Å². The molecule has 0 radical (unpaired) electrons. The van der Waals surface area contributed by atoms with E-state index in [1.165, 1.54) is 33.4 Å². The van der Waals surface area contributed by atoms with Crippen LogP contribution in [-0.4, -0.2) is 19.8 Å². The molecule has 2 aromatic rings. The van der Waals surface area contributed by atoms with Gasteiger partial charge in [0.05, 0.1) is 19.8 Å². The van der Waals surface area contributed by atoms with Crippen LogP contribution in [0.4, 0.5) is 0 Å². The van der Waals surface area contributed by atoms with E-state index in [0.29, 0.717) is 19.8 Å². The average Bonchev–Trinajstić information content (AvgIpc) is 3.11. The van der Waals surface area contributed by atoms with Crippen LogP contribution in [0, 0.1) is 13.8 Å². The Balaban J connectivity index is 2.10. The first-order chi connectivity index (χ1) is 16.0. The molecule has 1 spiro atoms. The summed E-state index contributed by atoms with van der Waals surface area (Å²) in [4.78, 5) is 0.